The van der Waals surface area contributed by atoms with Crippen molar-refractivity contribution in [1.29, 1.82) is 0 Å². The Morgan fingerprint density at radius 3 is 2.56 bits per heavy atom. The van der Waals surface area contributed by atoms with Crippen LogP contribution in [0.2, 0.25) is 0 Å². The van der Waals surface area contributed by atoms with Gasteiger partial charge in [0.05, 0.1) is 6.61 Å². The van der Waals surface area contributed by atoms with Crippen LogP contribution in [0.4, 0.5) is 0 Å². The Morgan fingerprint density at radius 2 is 1.96 bits per heavy atom. The first-order valence-electron chi connectivity index (χ1n) is 8.89. The van der Waals surface area contributed by atoms with Crippen LogP contribution in [0.5, 0.6) is 5.75 Å². The first kappa shape index (κ1) is 19.7. The second-order valence-electron chi connectivity index (χ2n) is 6.59. The molecular formula is C18H28N2O4S. The number of hydrogen-bond donors (Lipinski definition) is 1. The normalized spacial score (nSPS) is 16.7. The fraction of sp³-hybridized carbons (Fsp3) is 0.611. The first-order valence-corrected chi connectivity index (χ1v) is 10.3. The molecule has 1 aliphatic rings. The third-order valence-corrected chi connectivity index (χ3v) is 6.52. The standard InChI is InChI=1S/C18H28N2O4S/c1-3-4-5-12-24-16-13-14(2)6-7-17(16)25(22,23)20-10-8-15(9-11-20)18(19)21/h6-7,13,15H,3-5,8-12H2,1-2H3,(H2,19,21). The molecule has 2 N–H and O–H groups in total. The summed E-state index contributed by atoms with van der Waals surface area (Å²) in [4.78, 5) is 11.5. The maximum Gasteiger partial charge on any atom is 0.246 e. The van der Waals surface area contributed by atoms with Crippen molar-refractivity contribution in [3.05, 3.63) is 23.8 Å². The average molecular weight is 368 g/mol. The predicted octanol–water partition coefficient (Wildman–Crippen LogP) is 2.45. The second-order valence-corrected chi connectivity index (χ2v) is 8.49. The number of nitrogens with two attached hydrogens (primary N) is 1. The molecule has 0 aliphatic carbocycles. The van der Waals surface area contributed by atoms with Crippen LogP contribution in [0.25, 0.3) is 0 Å². The molecule has 2 rings (SSSR count). The van der Waals surface area contributed by atoms with Crippen molar-refractivity contribution in [2.75, 3.05) is 19.7 Å². The fourth-order valence-electron chi connectivity index (χ4n) is 3.00. The number of aryl methyl sites for hydroxylation is 1. The molecule has 1 heterocycles. The Kier molecular flexibility index (Phi) is 6.84. The smallest absolute Gasteiger partial charge is 0.246 e. The predicted molar refractivity (Wildman–Crippen MR) is 96.9 cm³/mol. The van der Waals surface area contributed by atoms with Crippen molar-refractivity contribution < 1.29 is 17.9 Å². The number of carbonyl (C=O) groups is 1. The van der Waals surface area contributed by atoms with Crippen molar-refractivity contribution in [3.63, 3.8) is 0 Å². The van der Waals surface area contributed by atoms with E-state index in [2.05, 4.69) is 6.92 Å². The monoisotopic (exact) mass is 368 g/mol. The molecule has 0 aromatic heterocycles. The van der Waals surface area contributed by atoms with Gasteiger partial charge < -0.3 is 10.5 Å². The molecule has 0 atom stereocenters. The zero-order chi connectivity index (χ0) is 18.4. The summed E-state index contributed by atoms with van der Waals surface area (Å²) in [5, 5.41) is 0. The highest BCUT2D eigenvalue weighted by Crippen LogP contribution is 2.30. The SMILES string of the molecule is CCCCCOc1cc(C)ccc1S(=O)(=O)N1CCC(C(N)=O)CC1. The van der Waals surface area contributed by atoms with Crippen molar-refractivity contribution >= 4 is 15.9 Å². The molecule has 7 heteroatoms. The molecule has 0 saturated carbocycles. The van der Waals surface area contributed by atoms with Gasteiger partial charge in [0.2, 0.25) is 15.9 Å². The molecule has 6 nitrogen and oxygen atoms in total. The van der Waals surface area contributed by atoms with Crippen molar-refractivity contribution in [2.45, 2.75) is 50.8 Å². The summed E-state index contributed by atoms with van der Waals surface area (Å²) >= 11 is 0. The van der Waals surface area contributed by atoms with E-state index in [4.69, 9.17) is 10.5 Å². The van der Waals surface area contributed by atoms with E-state index in [1.54, 1.807) is 18.2 Å². The third kappa shape index (κ3) is 4.95. The number of rotatable bonds is 8. The van der Waals surface area contributed by atoms with Gasteiger partial charge in [0.15, 0.2) is 0 Å². The number of piperidine rings is 1. The maximum absolute atomic E-state index is 13.0. The lowest BCUT2D eigenvalue weighted by atomic mass is 9.98. The number of ether oxygens (including phenoxy) is 1. The minimum absolute atomic E-state index is 0.201. The molecule has 1 aliphatic heterocycles. The van der Waals surface area contributed by atoms with Gasteiger partial charge in [-0.3, -0.25) is 4.79 Å². The molecule has 0 bridgehead atoms. The number of nitrogens with zero attached hydrogens (tertiary/aromatic N) is 1. The van der Waals surface area contributed by atoms with Crippen LogP contribution in [0.3, 0.4) is 0 Å². The Bertz CT molecular complexity index is 695. The molecular weight excluding hydrogens is 340 g/mol. The number of carbonyl (C=O) groups excluding carboxylic acids is 1. The van der Waals surface area contributed by atoms with E-state index in [-0.39, 0.29) is 16.7 Å². The summed E-state index contributed by atoms with van der Waals surface area (Å²) < 4.78 is 33.2. The number of hydrogen-bond acceptors (Lipinski definition) is 4. The topological polar surface area (TPSA) is 89.7 Å². The summed E-state index contributed by atoms with van der Waals surface area (Å²) in [6.45, 7) is 5.13. The Labute approximate surface area is 150 Å². The molecule has 0 spiro atoms. The number of sulfonamides is 1. The molecule has 1 aromatic rings. The van der Waals surface area contributed by atoms with Gasteiger partial charge in [0.25, 0.3) is 0 Å². The van der Waals surface area contributed by atoms with E-state index in [1.165, 1.54) is 4.31 Å². The van der Waals surface area contributed by atoms with Crippen molar-refractivity contribution in [1.82, 2.24) is 4.31 Å². The van der Waals surface area contributed by atoms with Gasteiger partial charge in [-0.25, -0.2) is 8.42 Å². The summed E-state index contributed by atoms with van der Waals surface area (Å²) in [7, 11) is -3.65. The van der Waals surface area contributed by atoms with E-state index in [1.807, 2.05) is 6.92 Å². The largest absolute Gasteiger partial charge is 0.492 e. The fourth-order valence-corrected chi connectivity index (χ4v) is 4.58. The van der Waals surface area contributed by atoms with E-state index in [0.29, 0.717) is 38.3 Å². The van der Waals surface area contributed by atoms with Crippen molar-refractivity contribution in [3.8, 4) is 5.75 Å². The molecule has 25 heavy (non-hydrogen) atoms. The summed E-state index contributed by atoms with van der Waals surface area (Å²) in [5.41, 5.74) is 6.28. The number of amides is 1. The highest BCUT2D eigenvalue weighted by atomic mass is 32.2. The Balaban J connectivity index is 2.17. The quantitative estimate of drug-likeness (QED) is 0.714. The lowest BCUT2D eigenvalue weighted by molar-refractivity contribution is -0.122. The molecule has 1 amide bonds. The zero-order valence-electron chi connectivity index (χ0n) is 15.0. The minimum atomic E-state index is -3.65. The van der Waals surface area contributed by atoms with Gasteiger partial charge in [-0.05, 0) is 43.9 Å². The lowest BCUT2D eigenvalue weighted by Gasteiger charge is -2.30. The van der Waals surface area contributed by atoms with Gasteiger partial charge in [0, 0.05) is 19.0 Å². The van der Waals surface area contributed by atoms with Gasteiger partial charge in [-0.2, -0.15) is 4.31 Å². The Hall–Kier alpha value is -1.60. The molecule has 0 radical (unpaired) electrons. The number of benzene rings is 1. The van der Waals surface area contributed by atoms with Crippen LogP contribution < -0.4 is 10.5 Å². The zero-order valence-corrected chi connectivity index (χ0v) is 15.8. The molecule has 1 fully saturated rings. The number of primary amides is 1. The van der Waals surface area contributed by atoms with Crippen LogP contribution in [-0.4, -0.2) is 38.3 Å². The maximum atomic E-state index is 13.0. The third-order valence-electron chi connectivity index (χ3n) is 4.58. The highest BCUT2D eigenvalue weighted by molar-refractivity contribution is 7.89. The summed E-state index contributed by atoms with van der Waals surface area (Å²) in [6.07, 6.45) is 3.96. The molecule has 0 unspecified atom stereocenters. The van der Waals surface area contributed by atoms with Crippen LogP contribution >= 0.6 is 0 Å². The Morgan fingerprint density at radius 1 is 1.28 bits per heavy atom. The van der Waals surface area contributed by atoms with E-state index >= 15 is 0 Å². The van der Waals surface area contributed by atoms with Gasteiger partial charge in [0.1, 0.15) is 10.6 Å². The van der Waals surface area contributed by atoms with Crippen LogP contribution in [-0.2, 0) is 14.8 Å². The summed E-state index contributed by atoms with van der Waals surface area (Å²) in [6, 6.07) is 5.16. The van der Waals surface area contributed by atoms with E-state index < -0.39 is 10.0 Å². The van der Waals surface area contributed by atoms with Gasteiger partial charge >= 0.3 is 0 Å². The van der Waals surface area contributed by atoms with E-state index in [0.717, 1.165) is 24.8 Å². The minimum Gasteiger partial charge on any atom is -0.492 e. The van der Waals surface area contributed by atoms with Crippen LogP contribution in [0.15, 0.2) is 23.1 Å². The van der Waals surface area contributed by atoms with Crippen molar-refractivity contribution in [2.24, 2.45) is 11.7 Å². The van der Waals surface area contributed by atoms with E-state index in [9.17, 15) is 13.2 Å². The molecule has 1 aromatic carbocycles. The molecule has 1 saturated heterocycles. The van der Waals surface area contributed by atoms with Gasteiger partial charge in [-0.1, -0.05) is 25.8 Å². The summed E-state index contributed by atoms with van der Waals surface area (Å²) in [5.74, 6) is -0.185. The second kappa shape index (κ2) is 8.67. The number of unbranched alkanes of at least 4 members (excludes halogenated alkanes) is 2. The van der Waals surface area contributed by atoms with Crippen LogP contribution in [0, 0.1) is 12.8 Å². The lowest BCUT2D eigenvalue weighted by Crippen LogP contribution is -2.41. The molecule has 140 valence electrons. The first-order chi connectivity index (χ1) is 11.9. The van der Waals surface area contributed by atoms with Crippen LogP contribution in [0.1, 0.15) is 44.6 Å². The average Bonchev–Trinajstić information content (AvgIpc) is 2.58. The highest BCUT2D eigenvalue weighted by Gasteiger charge is 2.33. The van der Waals surface area contributed by atoms with Gasteiger partial charge in [-0.15, -0.1) is 0 Å².